The highest BCUT2D eigenvalue weighted by atomic mass is 32.2. The Hall–Kier alpha value is -3.23. The van der Waals surface area contributed by atoms with E-state index in [0.29, 0.717) is 24.1 Å². The number of para-hydroxylation sites is 1. The third-order valence-electron chi connectivity index (χ3n) is 4.23. The van der Waals surface area contributed by atoms with Gasteiger partial charge >= 0.3 is 0 Å². The third-order valence-corrected chi connectivity index (χ3v) is 5.38. The molecule has 0 unspecified atom stereocenters. The average Bonchev–Trinajstić information content (AvgIpc) is 2.74. The summed E-state index contributed by atoms with van der Waals surface area (Å²) in [6.45, 7) is 0.507. The minimum absolute atomic E-state index is 0.132. The molecular formula is C23H20N2O2S. The van der Waals surface area contributed by atoms with Crippen molar-refractivity contribution >= 4 is 17.7 Å². The van der Waals surface area contributed by atoms with Crippen LogP contribution in [0.1, 0.15) is 21.5 Å². The van der Waals surface area contributed by atoms with Gasteiger partial charge in [0.2, 0.25) is 0 Å². The fourth-order valence-corrected chi connectivity index (χ4v) is 3.85. The van der Waals surface area contributed by atoms with Gasteiger partial charge < -0.3 is 10.1 Å². The summed E-state index contributed by atoms with van der Waals surface area (Å²) in [4.78, 5) is 14.4. The van der Waals surface area contributed by atoms with Crippen LogP contribution in [-0.4, -0.2) is 19.6 Å². The molecule has 140 valence electrons. The number of hydrogen-bond donors (Lipinski definition) is 1. The van der Waals surface area contributed by atoms with Crippen molar-refractivity contribution in [2.24, 2.45) is 0 Å². The fraction of sp³-hybridized carbons (Fsp3) is 0.130. The number of amides is 1. The van der Waals surface area contributed by atoms with Crippen molar-refractivity contribution < 1.29 is 9.53 Å². The van der Waals surface area contributed by atoms with Crippen LogP contribution in [0.3, 0.4) is 0 Å². The van der Waals surface area contributed by atoms with E-state index >= 15 is 0 Å². The molecule has 0 radical (unpaired) electrons. The molecule has 0 spiro atoms. The Balaban J connectivity index is 1.70. The maximum atomic E-state index is 12.7. The zero-order chi connectivity index (χ0) is 19.8. The van der Waals surface area contributed by atoms with Gasteiger partial charge in [0, 0.05) is 16.3 Å². The molecule has 5 heteroatoms. The van der Waals surface area contributed by atoms with E-state index in [1.807, 2.05) is 60.7 Å². The van der Waals surface area contributed by atoms with Crippen molar-refractivity contribution in [3.8, 4) is 11.8 Å². The number of nitrogens with zero attached hydrogens (tertiary/aromatic N) is 1. The van der Waals surface area contributed by atoms with Gasteiger partial charge in [0.15, 0.2) is 0 Å². The van der Waals surface area contributed by atoms with Gasteiger partial charge in [-0.05, 0) is 42.3 Å². The van der Waals surface area contributed by atoms with Crippen molar-refractivity contribution in [3.63, 3.8) is 0 Å². The summed E-state index contributed by atoms with van der Waals surface area (Å²) in [7, 11) is 1.64. The third kappa shape index (κ3) is 4.73. The molecule has 0 aliphatic rings. The number of nitriles is 1. The van der Waals surface area contributed by atoms with E-state index in [1.54, 1.807) is 19.2 Å². The summed E-state index contributed by atoms with van der Waals surface area (Å²) in [6, 6.07) is 24.8. The first-order valence-electron chi connectivity index (χ1n) is 8.89. The zero-order valence-corrected chi connectivity index (χ0v) is 16.3. The second-order valence-electron chi connectivity index (χ2n) is 6.02. The highest BCUT2D eigenvalue weighted by molar-refractivity contribution is 7.99. The number of nitrogens with one attached hydrogen (secondary N) is 1. The molecule has 0 saturated heterocycles. The lowest BCUT2D eigenvalue weighted by Gasteiger charge is -2.12. The summed E-state index contributed by atoms with van der Waals surface area (Å²) < 4.78 is 5.35. The maximum Gasteiger partial charge on any atom is 0.252 e. The van der Waals surface area contributed by atoms with Gasteiger partial charge in [-0.2, -0.15) is 5.26 Å². The predicted molar refractivity (Wildman–Crippen MR) is 111 cm³/mol. The molecule has 0 aromatic heterocycles. The molecule has 1 N–H and O–H groups in total. The van der Waals surface area contributed by atoms with Crippen LogP contribution in [0.5, 0.6) is 5.75 Å². The summed E-state index contributed by atoms with van der Waals surface area (Å²) in [5.41, 5.74) is 2.25. The van der Waals surface area contributed by atoms with Crippen molar-refractivity contribution in [3.05, 3.63) is 89.5 Å². The van der Waals surface area contributed by atoms with Crippen LogP contribution < -0.4 is 10.1 Å². The first kappa shape index (κ1) is 19.5. The normalized spacial score (nSPS) is 10.1. The van der Waals surface area contributed by atoms with E-state index in [1.165, 1.54) is 11.8 Å². The van der Waals surface area contributed by atoms with E-state index in [-0.39, 0.29) is 5.91 Å². The lowest BCUT2D eigenvalue weighted by Crippen LogP contribution is -2.26. The fourth-order valence-electron chi connectivity index (χ4n) is 2.83. The van der Waals surface area contributed by atoms with Gasteiger partial charge in [-0.25, -0.2) is 0 Å². The number of benzene rings is 3. The van der Waals surface area contributed by atoms with Crippen LogP contribution in [0.25, 0.3) is 0 Å². The number of methoxy groups -OCH3 is 1. The number of ether oxygens (including phenoxy) is 1. The number of carbonyl (C=O) groups is 1. The molecule has 3 aromatic carbocycles. The van der Waals surface area contributed by atoms with E-state index in [2.05, 4.69) is 11.4 Å². The first-order valence-corrected chi connectivity index (χ1v) is 9.70. The Kier molecular flexibility index (Phi) is 6.72. The van der Waals surface area contributed by atoms with Gasteiger partial charge in [-0.15, -0.1) is 0 Å². The van der Waals surface area contributed by atoms with E-state index in [9.17, 15) is 10.1 Å². The molecule has 28 heavy (non-hydrogen) atoms. The summed E-state index contributed by atoms with van der Waals surface area (Å²) in [5, 5.41) is 12.3. The smallest absolute Gasteiger partial charge is 0.252 e. The molecule has 0 fully saturated rings. The SMILES string of the molecule is COc1ccccc1CCNC(=O)c1ccccc1Sc1ccccc1C#N. The van der Waals surface area contributed by atoms with Crippen molar-refractivity contribution in [1.82, 2.24) is 5.32 Å². The minimum atomic E-state index is -0.132. The number of carbonyl (C=O) groups excluding carboxylic acids is 1. The van der Waals surface area contributed by atoms with Crippen LogP contribution in [0, 0.1) is 11.3 Å². The number of hydrogen-bond acceptors (Lipinski definition) is 4. The van der Waals surface area contributed by atoms with Gasteiger partial charge in [0.05, 0.1) is 18.2 Å². The van der Waals surface area contributed by atoms with E-state index < -0.39 is 0 Å². The Morgan fingerprint density at radius 2 is 1.68 bits per heavy atom. The standard InChI is InChI=1S/C23H20N2O2S/c1-27-20-11-5-2-8-17(20)14-15-25-23(26)19-10-4-7-13-22(19)28-21-12-6-3-9-18(21)16-24/h2-13H,14-15H2,1H3,(H,25,26). The monoisotopic (exact) mass is 388 g/mol. The molecule has 3 aromatic rings. The molecule has 0 bridgehead atoms. The predicted octanol–water partition coefficient (Wildman–Crippen LogP) is 4.69. The molecule has 0 heterocycles. The van der Waals surface area contributed by atoms with Crippen LogP contribution in [0.4, 0.5) is 0 Å². The van der Waals surface area contributed by atoms with Crippen molar-refractivity contribution in [1.29, 1.82) is 5.26 Å². The number of rotatable bonds is 7. The van der Waals surface area contributed by atoms with Crippen LogP contribution in [-0.2, 0) is 6.42 Å². The van der Waals surface area contributed by atoms with Gasteiger partial charge in [0.25, 0.3) is 5.91 Å². The molecular weight excluding hydrogens is 368 g/mol. The Bertz CT molecular complexity index is 1010. The highest BCUT2D eigenvalue weighted by Gasteiger charge is 2.13. The lowest BCUT2D eigenvalue weighted by atomic mass is 10.1. The lowest BCUT2D eigenvalue weighted by molar-refractivity contribution is 0.0951. The van der Waals surface area contributed by atoms with Crippen molar-refractivity contribution in [2.75, 3.05) is 13.7 Å². The first-order chi connectivity index (χ1) is 13.7. The molecule has 1 amide bonds. The van der Waals surface area contributed by atoms with Gasteiger partial charge in [-0.1, -0.05) is 54.2 Å². The Labute approximate surface area is 169 Å². The maximum absolute atomic E-state index is 12.7. The molecule has 0 atom stereocenters. The Morgan fingerprint density at radius 3 is 2.46 bits per heavy atom. The topological polar surface area (TPSA) is 62.1 Å². The largest absolute Gasteiger partial charge is 0.496 e. The summed E-state index contributed by atoms with van der Waals surface area (Å²) in [6.07, 6.45) is 0.683. The quantitative estimate of drug-likeness (QED) is 0.638. The Morgan fingerprint density at radius 1 is 1.00 bits per heavy atom. The minimum Gasteiger partial charge on any atom is -0.496 e. The van der Waals surface area contributed by atoms with E-state index in [0.717, 1.165) is 21.1 Å². The van der Waals surface area contributed by atoms with Crippen LogP contribution in [0.2, 0.25) is 0 Å². The second kappa shape index (κ2) is 9.63. The molecule has 3 rings (SSSR count). The summed E-state index contributed by atoms with van der Waals surface area (Å²) >= 11 is 1.43. The molecule has 0 aliphatic heterocycles. The van der Waals surface area contributed by atoms with Crippen LogP contribution in [0.15, 0.2) is 82.6 Å². The van der Waals surface area contributed by atoms with Crippen molar-refractivity contribution in [2.45, 2.75) is 16.2 Å². The van der Waals surface area contributed by atoms with Gasteiger partial charge in [-0.3, -0.25) is 4.79 Å². The average molecular weight is 388 g/mol. The van der Waals surface area contributed by atoms with E-state index in [4.69, 9.17) is 4.74 Å². The highest BCUT2D eigenvalue weighted by Crippen LogP contribution is 2.32. The zero-order valence-electron chi connectivity index (χ0n) is 15.5. The van der Waals surface area contributed by atoms with Crippen LogP contribution >= 0.6 is 11.8 Å². The second-order valence-corrected chi connectivity index (χ2v) is 7.11. The summed E-state index contributed by atoms with van der Waals surface area (Å²) in [5.74, 6) is 0.688. The molecule has 4 nitrogen and oxygen atoms in total. The van der Waals surface area contributed by atoms with Gasteiger partial charge in [0.1, 0.15) is 11.8 Å². The molecule has 0 saturated carbocycles. The molecule has 0 aliphatic carbocycles.